The fourth-order valence-electron chi connectivity index (χ4n) is 3.80. The molecule has 1 aliphatic carbocycles. The minimum atomic E-state index is -1.31. The zero-order chi connectivity index (χ0) is 15.8. The van der Waals surface area contributed by atoms with Crippen LogP contribution in [0, 0.1) is 11.3 Å². The molecule has 0 atom stereocenters. The highest BCUT2D eigenvalue weighted by Gasteiger charge is 2.59. The lowest BCUT2D eigenvalue weighted by Gasteiger charge is -2.42. The van der Waals surface area contributed by atoms with E-state index in [4.69, 9.17) is 0 Å². The van der Waals surface area contributed by atoms with Gasteiger partial charge >= 0.3 is 5.97 Å². The Morgan fingerprint density at radius 1 is 1.24 bits per heavy atom. The van der Waals surface area contributed by atoms with Crippen molar-refractivity contribution in [3.8, 4) is 0 Å². The van der Waals surface area contributed by atoms with Crippen molar-refractivity contribution in [1.29, 1.82) is 0 Å². The van der Waals surface area contributed by atoms with Gasteiger partial charge in [0.25, 0.3) is 0 Å². The SMILES string of the molecule is CCC1(CC)CC(=O)N(C2(C(=O)O)CCC(C)CC2)C1=O. The molecule has 1 saturated heterocycles. The highest BCUT2D eigenvalue weighted by Crippen LogP contribution is 2.46. The second-order valence-corrected chi connectivity index (χ2v) is 6.72. The Labute approximate surface area is 125 Å². The molecule has 0 aromatic carbocycles. The third-order valence-electron chi connectivity index (χ3n) is 5.68. The van der Waals surface area contributed by atoms with Gasteiger partial charge in [-0.2, -0.15) is 0 Å². The molecule has 5 heteroatoms. The Bertz CT molecular complexity index is 459. The van der Waals surface area contributed by atoms with E-state index in [0.29, 0.717) is 31.6 Å². The molecule has 1 saturated carbocycles. The predicted molar refractivity (Wildman–Crippen MR) is 77.5 cm³/mol. The van der Waals surface area contributed by atoms with Gasteiger partial charge in [-0.1, -0.05) is 20.8 Å². The molecule has 0 radical (unpaired) electrons. The summed E-state index contributed by atoms with van der Waals surface area (Å²) in [6.07, 6.45) is 3.56. The van der Waals surface area contributed by atoms with E-state index < -0.39 is 16.9 Å². The summed E-state index contributed by atoms with van der Waals surface area (Å²) in [5.41, 5.74) is -2.00. The van der Waals surface area contributed by atoms with Crippen molar-refractivity contribution < 1.29 is 19.5 Å². The Kier molecular flexibility index (Phi) is 4.13. The largest absolute Gasteiger partial charge is 0.479 e. The summed E-state index contributed by atoms with van der Waals surface area (Å²) in [6, 6.07) is 0. The highest BCUT2D eigenvalue weighted by molar-refractivity contribution is 6.09. The average molecular weight is 295 g/mol. The van der Waals surface area contributed by atoms with Crippen LogP contribution in [-0.4, -0.2) is 33.3 Å². The van der Waals surface area contributed by atoms with Crippen molar-refractivity contribution in [2.24, 2.45) is 11.3 Å². The number of rotatable bonds is 4. The lowest BCUT2D eigenvalue weighted by molar-refractivity contribution is -0.167. The summed E-state index contributed by atoms with van der Waals surface area (Å²) in [7, 11) is 0. The third kappa shape index (κ3) is 2.27. The van der Waals surface area contributed by atoms with Gasteiger partial charge in [-0.05, 0) is 44.4 Å². The fraction of sp³-hybridized carbons (Fsp3) is 0.812. The van der Waals surface area contributed by atoms with E-state index in [1.165, 1.54) is 0 Å². The van der Waals surface area contributed by atoms with Crippen LogP contribution in [0.1, 0.15) is 65.7 Å². The Morgan fingerprint density at radius 3 is 2.14 bits per heavy atom. The second kappa shape index (κ2) is 5.43. The maximum Gasteiger partial charge on any atom is 0.330 e. The summed E-state index contributed by atoms with van der Waals surface area (Å²) in [4.78, 5) is 38.3. The van der Waals surface area contributed by atoms with E-state index in [1.807, 2.05) is 13.8 Å². The minimum absolute atomic E-state index is 0.156. The molecular weight excluding hydrogens is 270 g/mol. The van der Waals surface area contributed by atoms with Crippen molar-refractivity contribution in [2.45, 2.75) is 71.3 Å². The van der Waals surface area contributed by atoms with Crippen molar-refractivity contribution in [3.05, 3.63) is 0 Å². The molecule has 5 nitrogen and oxygen atoms in total. The number of likely N-dealkylation sites (tertiary alicyclic amines) is 1. The van der Waals surface area contributed by atoms with Crippen molar-refractivity contribution >= 4 is 17.8 Å². The smallest absolute Gasteiger partial charge is 0.330 e. The average Bonchev–Trinajstić information content (AvgIpc) is 2.72. The first kappa shape index (κ1) is 16.0. The lowest BCUT2D eigenvalue weighted by atomic mass is 9.75. The highest BCUT2D eigenvalue weighted by atomic mass is 16.4. The van der Waals surface area contributed by atoms with Crippen LogP contribution in [0.4, 0.5) is 0 Å². The first-order valence-electron chi connectivity index (χ1n) is 7.94. The van der Waals surface area contributed by atoms with Gasteiger partial charge < -0.3 is 5.11 Å². The van der Waals surface area contributed by atoms with Gasteiger partial charge in [-0.15, -0.1) is 0 Å². The van der Waals surface area contributed by atoms with Crippen LogP contribution >= 0.6 is 0 Å². The van der Waals surface area contributed by atoms with Crippen molar-refractivity contribution in [3.63, 3.8) is 0 Å². The number of amides is 2. The Morgan fingerprint density at radius 2 is 1.76 bits per heavy atom. The number of carboxylic acids is 1. The van der Waals surface area contributed by atoms with Gasteiger partial charge in [0.15, 0.2) is 0 Å². The van der Waals surface area contributed by atoms with Gasteiger partial charge in [-0.3, -0.25) is 14.5 Å². The van der Waals surface area contributed by atoms with Crippen molar-refractivity contribution in [2.75, 3.05) is 0 Å². The van der Waals surface area contributed by atoms with E-state index in [2.05, 4.69) is 6.92 Å². The van der Waals surface area contributed by atoms with Crippen LogP contribution in [0.5, 0.6) is 0 Å². The number of carboxylic acid groups (broad SMARTS) is 1. The van der Waals surface area contributed by atoms with Crippen LogP contribution in [-0.2, 0) is 14.4 Å². The van der Waals surface area contributed by atoms with Gasteiger partial charge in [0.1, 0.15) is 5.54 Å². The first-order chi connectivity index (χ1) is 9.83. The minimum Gasteiger partial charge on any atom is -0.479 e. The summed E-state index contributed by atoms with van der Waals surface area (Å²) in [6.45, 7) is 5.88. The molecule has 0 unspecified atom stereocenters. The Hall–Kier alpha value is -1.39. The van der Waals surface area contributed by atoms with Crippen LogP contribution in [0.25, 0.3) is 0 Å². The molecule has 21 heavy (non-hydrogen) atoms. The van der Waals surface area contributed by atoms with Crippen molar-refractivity contribution in [1.82, 2.24) is 4.90 Å². The predicted octanol–water partition coefficient (Wildman–Crippen LogP) is 2.59. The summed E-state index contributed by atoms with van der Waals surface area (Å²) in [5, 5.41) is 9.74. The molecule has 2 aliphatic rings. The van der Waals surface area contributed by atoms with Gasteiger partial charge in [0.2, 0.25) is 11.8 Å². The van der Waals surface area contributed by atoms with E-state index in [9.17, 15) is 19.5 Å². The molecule has 2 fully saturated rings. The normalized spacial score (nSPS) is 32.5. The van der Waals surface area contributed by atoms with E-state index in [-0.39, 0.29) is 18.2 Å². The topological polar surface area (TPSA) is 74.7 Å². The summed E-state index contributed by atoms with van der Waals surface area (Å²) in [5.74, 6) is -1.15. The van der Waals surface area contributed by atoms with Gasteiger partial charge in [0, 0.05) is 6.42 Å². The summed E-state index contributed by atoms with van der Waals surface area (Å²) >= 11 is 0. The van der Waals surface area contributed by atoms with Gasteiger partial charge in [-0.25, -0.2) is 4.79 Å². The molecule has 0 spiro atoms. The molecule has 1 aliphatic heterocycles. The number of aliphatic carboxylic acids is 1. The lowest BCUT2D eigenvalue weighted by Crippen LogP contribution is -2.59. The first-order valence-corrected chi connectivity index (χ1v) is 7.94. The standard InChI is InChI=1S/C16H25NO4/c1-4-15(5-2)10-12(18)17(13(15)19)16(14(20)21)8-6-11(3)7-9-16/h11H,4-10H2,1-3H3,(H,20,21). The Balaban J connectivity index is 2.40. The van der Waals surface area contributed by atoms with E-state index >= 15 is 0 Å². The maximum atomic E-state index is 12.8. The van der Waals surface area contributed by atoms with E-state index in [0.717, 1.165) is 17.7 Å². The molecule has 0 aromatic heterocycles. The number of carbonyl (C=O) groups excluding carboxylic acids is 2. The monoisotopic (exact) mass is 295 g/mol. The zero-order valence-corrected chi connectivity index (χ0v) is 13.1. The number of hydrogen-bond acceptors (Lipinski definition) is 3. The molecule has 0 bridgehead atoms. The van der Waals surface area contributed by atoms with E-state index in [1.54, 1.807) is 0 Å². The molecule has 1 heterocycles. The zero-order valence-electron chi connectivity index (χ0n) is 13.1. The molecule has 1 N–H and O–H groups in total. The molecule has 0 aromatic rings. The maximum absolute atomic E-state index is 12.8. The quantitative estimate of drug-likeness (QED) is 0.809. The number of imide groups is 1. The van der Waals surface area contributed by atoms with Crippen LogP contribution in [0.15, 0.2) is 0 Å². The number of carbonyl (C=O) groups is 3. The third-order valence-corrected chi connectivity index (χ3v) is 5.68. The van der Waals surface area contributed by atoms with Crippen LogP contribution in [0.2, 0.25) is 0 Å². The molecule has 118 valence electrons. The number of hydrogen-bond donors (Lipinski definition) is 1. The second-order valence-electron chi connectivity index (χ2n) is 6.72. The molecule has 2 rings (SSSR count). The van der Waals surface area contributed by atoms with Crippen LogP contribution < -0.4 is 0 Å². The number of nitrogens with zero attached hydrogens (tertiary/aromatic N) is 1. The summed E-state index contributed by atoms with van der Waals surface area (Å²) < 4.78 is 0. The molecular formula is C16H25NO4. The van der Waals surface area contributed by atoms with Gasteiger partial charge in [0.05, 0.1) is 5.41 Å². The fourth-order valence-corrected chi connectivity index (χ4v) is 3.80. The van der Waals surface area contributed by atoms with Crippen LogP contribution in [0.3, 0.4) is 0 Å². The molecule has 2 amide bonds.